The lowest BCUT2D eigenvalue weighted by atomic mass is 9.85. The Morgan fingerprint density at radius 1 is 1.35 bits per heavy atom. The summed E-state index contributed by atoms with van der Waals surface area (Å²) in [7, 11) is 0. The lowest BCUT2D eigenvalue weighted by Crippen LogP contribution is -2.47. The normalized spacial score (nSPS) is 26.2. The molecule has 3 rings (SSSR count). The fourth-order valence-electron chi connectivity index (χ4n) is 2.27. The number of carbonyl (C=O) groups excluding carboxylic acids is 2. The van der Waals surface area contributed by atoms with Crippen LogP contribution in [0.3, 0.4) is 0 Å². The molecular formula is C11H9BrN2O3. The molecule has 6 heteroatoms. The van der Waals surface area contributed by atoms with Crippen LogP contribution in [-0.4, -0.2) is 18.5 Å². The molecule has 2 aliphatic heterocycles. The minimum absolute atomic E-state index is 0.311. The van der Waals surface area contributed by atoms with Crippen LogP contribution in [0.15, 0.2) is 22.7 Å². The minimum Gasteiger partial charge on any atom is -0.493 e. The summed E-state index contributed by atoms with van der Waals surface area (Å²) in [5, 5.41) is 4.98. The summed E-state index contributed by atoms with van der Waals surface area (Å²) < 4.78 is 6.39. The van der Waals surface area contributed by atoms with Crippen molar-refractivity contribution >= 4 is 27.9 Å². The van der Waals surface area contributed by atoms with E-state index in [1.54, 1.807) is 12.1 Å². The summed E-state index contributed by atoms with van der Waals surface area (Å²) in [6.07, 6.45) is 0.444. The van der Waals surface area contributed by atoms with Crippen molar-refractivity contribution in [3.8, 4) is 5.75 Å². The van der Waals surface area contributed by atoms with Gasteiger partial charge in [0.1, 0.15) is 5.75 Å². The minimum atomic E-state index is -0.967. The molecule has 0 aliphatic carbocycles. The van der Waals surface area contributed by atoms with Crippen molar-refractivity contribution in [1.82, 2.24) is 10.6 Å². The van der Waals surface area contributed by atoms with Crippen molar-refractivity contribution in [3.63, 3.8) is 0 Å². The van der Waals surface area contributed by atoms with Crippen LogP contribution >= 0.6 is 15.9 Å². The first-order chi connectivity index (χ1) is 8.12. The topological polar surface area (TPSA) is 67.4 Å². The second-order valence-electron chi connectivity index (χ2n) is 4.05. The molecule has 3 amide bonds. The molecule has 1 spiro atoms. The van der Waals surface area contributed by atoms with Gasteiger partial charge in [0.05, 0.1) is 6.61 Å². The molecule has 1 fully saturated rings. The highest BCUT2D eigenvalue weighted by Crippen LogP contribution is 2.40. The fourth-order valence-corrected chi connectivity index (χ4v) is 2.61. The van der Waals surface area contributed by atoms with Crippen molar-refractivity contribution in [2.75, 3.05) is 6.61 Å². The average Bonchev–Trinajstić information content (AvgIpc) is 2.54. The zero-order valence-electron chi connectivity index (χ0n) is 8.75. The molecule has 0 aromatic heterocycles. The van der Waals surface area contributed by atoms with E-state index in [1.165, 1.54) is 0 Å². The molecule has 1 aromatic rings. The zero-order chi connectivity index (χ0) is 12.0. The Balaban J connectivity index is 2.17. The lowest BCUT2D eigenvalue weighted by Gasteiger charge is -2.32. The number of hydrogen-bond acceptors (Lipinski definition) is 3. The number of ether oxygens (including phenoxy) is 1. The summed E-state index contributed by atoms with van der Waals surface area (Å²) >= 11 is 3.35. The Hall–Kier alpha value is -1.56. The van der Waals surface area contributed by atoms with Crippen molar-refractivity contribution in [2.45, 2.75) is 12.0 Å². The van der Waals surface area contributed by atoms with Gasteiger partial charge in [-0.25, -0.2) is 4.79 Å². The number of halogens is 1. The van der Waals surface area contributed by atoms with Crippen LogP contribution in [0, 0.1) is 0 Å². The van der Waals surface area contributed by atoms with E-state index in [2.05, 4.69) is 26.6 Å². The third-order valence-corrected chi connectivity index (χ3v) is 3.57. The molecule has 17 heavy (non-hydrogen) atoms. The number of rotatable bonds is 0. The van der Waals surface area contributed by atoms with E-state index in [0.29, 0.717) is 24.3 Å². The summed E-state index contributed by atoms with van der Waals surface area (Å²) in [4.78, 5) is 23.3. The molecule has 2 aliphatic rings. The molecule has 88 valence electrons. The van der Waals surface area contributed by atoms with Crippen LogP contribution in [0.25, 0.3) is 0 Å². The third kappa shape index (κ3) is 1.44. The van der Waals surface area contributed by atoms with Gasteiger partial charge in [-0.3, -0.25) is 10.1 Å². The summed E-state index contributed by atoms with van der Waals surface area (Å²) in [5.74, 6) is 0.317. The number of imide groups is 1. The van der Waals surface area contributed by atoms with Gasteiger partial charge < -0.3 is 10.1 Å². The van der Waals surface area contributed by atoms with Crippen LogP contribution in [0.5, 0.6) is 5.75 Å². The Morgan fingerprint density at radius 3 is 2.88 bits per heavy atom. The highest BCUT2D eigenvalue weighted by Gasteiger charge is 2.50. The maximum atomic E-state index is 11.9. The largest absolute Gasteiger partial charge is 0.493 e. The van der Waals surface area contributed by atoms with E-state index in [9.17, 15) is 9.59 Å². The SMILES string of the molecule is O=C1NC(=O)C2(CCOc3cc(Br)ccc32)N1. The molecule has 0 bridgehead atoms. The van der Waals surface area contributed by atoms with Gasteiger partial charge in [-0.05, 0) is 12.1 Å². The number of benzene rings is 1. The number of urea groups is 1. The Labute approximate surface area is 106 Å². The molecule has 1 aromatic carbocycles. The monoisotopic (exact) mass is 296 g/mol. The summed E-state index contributed by atoms with van der Waals surface area (Å²) in [6.45, 7) is 0.400. The lowest BCUT2D eigenvalue weighted by molar-refractivity contribution is -0.125. The predicted octanol–water partition coefficient (Wildman–Crippen LogP) is 1.27. The van der Waals surface area contributed by atoms with E-state index in [4.69, 9.17) is 4.74 Å². The third-order valence-electron chi connectivity index (χ3n) is 3.08. The van der Waals surface area contributed by atoms with Gasteiger partial charge in [-0.15, -0.1) is 0 Å². The van der Waals surface area contributed by atoms with E-state index in [0.717, 1.165) is 4.47 Å². The first-order valence-corrected chi connectivity index (χ1v) is 5.97. The van der Waals surface area contributed by atoms with E-state index < -0.39 is 11.6 Å². The maximum absolute atomic E-state index is 11.9. The van der Waals surface area contributed by atoms with Gasteiger partial charge in [0.25, 0.3) is 5.91 Å². The number of nitrogens with one attached hydrogen (secondary N) is 2. The van der Waals surface area contributed by atoms with E-state index >= 15 is 0 Å². The smallest absolute Gasteiger partial charge is 0.322 e. The Morgan fingerprint density at radius 2 is 2.18 bits per heavy atom. The molecular weight excluding hydrogens is 288 g/mol. The predicted molar refractivity (Wildman–Crippen MR) is 62.6 cm³/mol. The average molecular weight is 297 g/mol. The maximum Gasteiger partial charge on any atom is 0.322 e. The van der Waals surface area contributed by atoms with E-state index in [-0.39, 0.29) is 5.91 Å². The summed E-state index contributed by atoms with van der Waals surface area (Å²) in [5.41, 5.74) is -0.263. The van der Waals surface area contributed by atoms with Crippen molar-refractivity contribution in [2.24, 2.45) is 0 Å². The van der Waals surface area contributed by atoms with Crippen LogP contribution in [0.2, 0.25) is 0 Å². The highest BCUT2D eigenvalue weighted by atomic mass is 79.9. The molecule has 1 unspecified atom stereocenters. The zero-order valence-corrected chi connectivity index (χ0v) is 10.3. The van der Waals surface area contributed by atoms with Gasteiger partial charge in [0.15, 0.2) is 5.54 Å². The van der Waals surface area contributed by atoms with Gasteiger partial charge in [0, 0.05) is 16.5 Å². The number of fused-ring (bicyclic) bond motifs is 2. The van der Waals surface area contributed by atoms with Crippen molar-refractivity contribution in [3.05, 3.63) is 28.2 Å². The first-order valence-electron chi connectivity index (χ1n) is 5.18. The standard InChI is InChI=1S/C11H9BrN2O3/c12-6-1-2-7-8(5-6)17-4-3-11(7)9(15)13-10(16)14-11/h1-2,5H,3-4H2,(H2,13,14,15,16). The first kappa shape index (κ1) is 10.6. The number of hydrogen-bond donors (Lipinski definition) is 2. The molecule has 0 saturated carbocycles. The number of carbonyl (C=O) groups is 2. The second kappa shape index (κ2) is 3.46. The second-order valence-corrected chi connectivity index (χ2v) is 4.97. The van der Waals surface area contributed by atoms with Crippen LogP contribution < -0.4 is 15.4 Å². The molecule has 2 heterocycles. The Bertz CT molecular complexity index is 531. The van der Waals surface area contributed by atoms with Gasteiger partial charge >= 0.3 is 6.03 Å². The quantitative estimate of drug-likeness (QED) is 0.709. The van der Waals surface area contributed by atoms with Crippen molar-refractivity contribution < 1.29 is 14.3 Å². The molecule has 2 N–H and O–H groups in total. The van der Waals surface area contributed by atoms with Gasteiger partial charge in [0.2, 0.25) is 0 Å². The number of amides is 3. The summed E-state index contributed by atoms with van der Waals surface area (Å²) in [6, 6.07) is 4.97. The van der Waals surface area contributed by atoms with Crippen molar-refractivity contribution in [1.29, 1.82) is 0 Å². The highest BCUT2D eigenvalue weighted by molar-refractivity contribution is 9.10. The van der Waals surface area contributed by atoms with Crippen LogP contribution in [-0.2, 0) is 10.3 Å². The van der Waals surface area contributed by atoms with Gasteiger partial charge in [-0.2, -0.15) is 0 Å². The van der Waals surface area contributed by atoms with Crippen LogP contribution in [0.4, 0.5) is 4.79 Å². The van der Waals surface area contributed by atoms with Crippen LogP contribution in [0.1, 0.15) is 12.0 Å². The molecule has 1 saturated heterocycles. The van der Waals surface area contributed by atoms with E-state index in [1.807, 2.05) is 6.07 Å². The van der Waals surface area contributed by atoms with Gasteiger partial charge in [-0.1, -0.05) is 22.0 Å². The molecule has 1 atom stereocenters. The fraction of sp³-hybridized carbons (Fsp3) is 0.273. The Kier molecular flexibility index (Phi) is 2.16. The molecule has 5 nitrogen and oxygen atoms in total. The molecule has 0 radical (unpaired) electrons.